The maximum absolute atomic E-state index is 12.1. The fraction of sp³-hybridized carbons (Fsp3) is 0.500. The summed E-state index contributed by atoms with van der Waals surface area (Å²) in [6.45, 7) is 5.03. The van der Waals surface area contributed by atoms with Gasteiger partial charge in [0, 0.05) is 30.5 Å². The highest BCUT2D eigenvalue weighted by Gasteiger charge is 2.08. The monoisotopic (exact) mass is 373 g/mol. The summed E-state index contributed by atoms with van der Waals surface area (Å²) < 4.78 is 12.4. The van der Waals surface area contributed by atoms with Crippen LogP contribution in [0.25, 0.3) is 0 Å². The second kappa shape index (κ2) is 11.9. The van der Waals surface area contributed by atoms with Gasteiger partial charge in [-0.3, -0.25) is 4.79 Å². The molecule has 0 unspecified atom stereocenters. The van der Waals surface area contributed by atoms with Gasteiger partial charge < -0.3 is 9.47 Å². The molecular weight excluding hydrogens is 349 g/mol. The summed E-state index contributed by atoms with van der Waals surface area (Å²) >= 11 is 1.25. The van der Waals surface area contributed by atoms with Gasteiger partial charge in [-0.1, -0.05) is 41.0 Å². The fourth-order valence-electron chi connectivity index (χ4n) is 2.19. The van der Waals surface area contributed by atoms with Crippen molar-refractivity contribution in [3.8, 4) is 0 Å². The van der Waals surface area contributed by atoms with Crippen LogP contribution in [0.2, 0.25) is 0 Å². The zero-order valence-corrected chi connectivity index (χ0v) is 15.9. The first-order valence-electron chi connectivity index (χ1n) is 8.75. The van der Waals surface area contributed by atoms with Gasteiger partial charge in [-0.05, 0) is 19.1 Å². The van der Waals surface area contributed by atoms with Crippen LogP contribution in [0, 0.1) is 0 Å². The van der Waals surface area contributed by atoms with Crippen LogP contribution >= 0.6 is 11.8 Å². The van der Waals surface area contributed by atoms with E-state index in [1.54, 1.807) is 4.68 Å². The van der Waals surface area contributed by atoms with Gasteiger partial charge in [-0.25, -0.2) is 4.68 Å². The van der Waals surface area contributed by atoms with E-state index in [4.69, 9.17) is 17.3 Å². The van der Waals surface area contributed by atoms with Gasteiger partial charge in [0.25, 0.3) is 0 Å². The van der Waals surface area contributed by atoms with Crippen LogP contribution in [0.3, 0.4) is 0 Å². The normalized spacial score (nSPS) is 11.0. The molecule has 0 aliphatic heterocycles. The van der Waals surface area contributed by atoms with Gasteiger partial charge in [-0.2, -0.15) is 0 Å². The number of carbonyl (C=O) groups excluding carboxylic acids is 1. The largest absolute Gasteiger partial charge is 0.379 e. The summed E-state index contributed by atoms with van der Waals surface area (Å²) in [6.07, 6.45) is 3.37. The molecule has 0 amide bonds. The van der Waals surface area contributed by atoms with E-state index >= 15 is 0 Å². The molecule has 0 N–H and O–H groups in total. The average molecular weight is 373 g/mol. The molecule has 0 atom stereocenters. The summed E-state index contributed by atoms with van der Waals surface area (Å²) in [5, 5.41) is 8.27. The molecule has 2 aromatic rings. The lowest BCUT2D eigenvalue weighted by Crippen LogP contribution is -2.10. The number of aryl methyl sites for hydroxylation is 1. The summed E-state index contributed by atoms with van der Waals surface area (Å²) in [5.74, 6) is 0. The Hall–Kier alpha value is -1.64. The highest BCUT2D eigenvalue weighted by molar-refractivity contribution is 8.13. The molecule has 1 aromatic heterocycles. The van der Waals surface area contributed by atoms with Crippen molar-refractivity contribution in [3.63, 3.8) is 0 Å². The van der Waals surface area contributed by atoms with E-state index in [9.17, 15) is 4.79 Å². The topological polar surface area (TPSA) is 66.2 Å². The molecule has 0 fully saturated rings. The smallest absolute Gasteiger partial charge is 0.194 e. The Morgan fingerprint density at radius 3 is 2.69 bits per heavy atom. The minimum absolute atomic E-state index is 0.110. The highest BCUT2D eigenvalue weighted by atomic mass is 32.2. The van der Waals surface area contributed by atoms with Crippen LogP contribution in [-0.2, 0) is 33.6 Å². The SMILES string of the molecule is [B]Cc1ccc(SC(=O)CCc2cn(CCOCCOCC)nn2)cc1. The van der Waals surface area contributed by atoms with Gasteiger partial charge in [-0.15, -0.1) is 5.10 Å². The van der Waals surface area contributed by atoms with Gasteiger partial charge in [0.1, 0.15) is 0 Å². The number of nitrogens with zero attached hydrogens (tertiary/aromatic N) is 3. The zero-order valence-electron chi connectivity index (χ0n) is 15.1. The lowest BCUT2D eigenvalue weighted by Gasteiger charge is -2.03. The summed E-state index contributed by atoms with van der Waals surface area (Å²) in [7, 11) is 5.57. The van der Waals surface area contributed by atoms with E-state index in [2.05, 4.69) is 10.3 Å². The molecule has 0 saturated carbocycles. The van der Waals surface area contributed by atoms with Crippen molar-refractivity contribution in [1.82, 2.24) is 15.0 Å². The van der Waals surface area contributed by atoms with Gasteiger partial charge in [0.2, 0.25) is 0 Å². The van der Waals surface area contributed by atoms with Crippen molar-refractivity contribution < 1.29 is 14.3 Å². The van der Waals surface area contributed by atoms with Gasteiger partial charge in [0.15, 0.2) is 5.12 Å². The maximum atomic E-state index is 12.1. The minimum Gasteiger partial charge on any atom is -0.379 e. The Morgan fingerprint density at radius 1 is 1.19 bits per heavy atom. The Balaban J connectivity index is 1.65. The number of thioether (sulfide) groups is 1. The molecule has 1 heterocycles. The molecule has 0 bridgehead atoms. The first-order chi connectivity index (χ1) is 12.7. The molecule has 2 rings (SSSR count). The number of benzene rings is 1. The second-order valence-electron chi connectivity index (χ2n) is 5.60. The van der Waals surface area contributed by atoms with E-state index in [-0.39, 0.29) is 5.12 Å². The van der Waals surface area contributed by atoms with Crippen molar-refractivity contribution >= 4 is 24.7 Å². The summed E-state index contributed by atoms with van der Waals surface area (Å²) in [4.78, 5) is 13.0. The van der Waals surface area contributed by atoms with Crippen LogP contribution < -0.4 is 0 Å². The van der Waals surface area contributed by atoms with E-state index in [0.29, 0.717) is 52.1 Å². The maximum Gasteiger partial charge on any atom is 0.194 e. The molecule has 1 aromatic carbocycles. The van der Waals surface area contributed by atoms with E-state index in [1.165, 1.54) is 11.8 Å². The third kappa shape index (κ3) is 7.72. The Kier molecular flexibility index (Phi) is 9.45. The number of ether oxygens (including phenoxy) is 2. The quantitative estimate of drug-likeness (QED) is 0.323. The van der Waals surface area contributed by atoms with Crippen LogP contribution in [0.5, 0.6) is 0 Å². The predicted octanol–water partition coefficient (Wildman–Crippen LogP) is 2.25. The van der Waals surface area contributed by atoms with Crippen molar-refractivity contribution in [3.05, 3.63) is 41.7 Å². The standard InChI is InChI=1S/C18H24BN3O3S/c1-2-24-11-12-25-10-9-22-14-16(20-21-22)5-8-18(23)26-17-6-3-15(13-19)4-7-17/h3-4,6-7,14H,2,5,8-13H2,1H3. The summed E-state index contributed by atoms with van der Waals surface area (Å²) in [6, 6.07) is 7.73. The first kappa shape index (κ1) is 20.7. The number of hydrogen-bond donors (Lipinski definition) is 0. The molecule has 0 spiro atoms. The van der Waals surface area contributed by atoms with E-state index < -0.39 is 0 Å². The van der Waals surface area contributed by atoms with Crippen LogP contribution in [-0.4, -0.2) is 54.4 Å². The second-order valence-corrected chi connectivity index (χ2v) is 6.74. The zero-order chi connectivity index (χ0) is 18.6. The minimum atomic E-state index is 0.110. The molecule has 0 aliphatic rings. The van der Waals surface area contributed by atoms with E-state index in [0.717, 1.165) is 16.2 Å². The Morgan fingerprint density at radius 2 is 1.96 bits per heavy atom. The lowest BCUT2D eigenvalue weighted by molar-refractivity contribution is -0.110. The molecule has 26 heavy (non-hydrogen) atoms. The highest BCUT2D eigenvalue weighted by Crippen LogP contribution is 2.21. The lowest BCUT2D eigenvalue weighted by atomic mass is 9.97. The van der Waals surface area contributed by atoms with E-state index in [1.807, 2.05) is 37.4 Å². The van der Waals surface area contributed by atoms with Crippen molar-refractivity contribution in [2.24, 2.45) is 0 Å². The molecule has 138 valence electrons. The number of rotatable bonds is 12. The number of carbonyl (C=O) groups is 1. The third-order valence-electron chi connectivity index (χ3n) is 3.60. The fourth-order valence-corrected chi connectivity index (χ4v) is 2.93. The first-order valence-corrected chi connectivity index (χ1v) is 9.57. The van der Waals surface area contributed by atoms with Crippen molar-refractivity contribution in [1.29, 1.82) is 0 Å². The van der Waals surface area contributed by atoms with Crippen LogP contribution in [0.4, 0.5) is 0 Å². The third-order valence-corrected chi connectivity index (χ3v) is 4.54. The van der Waals surface area contributed by atoms with Gasteiger partial charge in [0.05, 0.1) is 39.9 Å². The molecule has 0 saturated heterocycles. The Labute approximate surface area is 160 Å². The van der Waals surface area contributed by atoms with Crippen LogP contribution in [0.15, 0.2) is 35.4 Å². The number of aromatic nitrogens is 3. The molecule has 8 heteroatoms. The van der Waals surface area contributed by atoms with Crippen molar-refractivity contribution in [2.75, 3.05) is 26.4 Å². The predicted molar refractivity (Wildman–Crippen MR) is 102 cm³/mol. The van der Waals surface area contributed by atoms with Crippen LogP contribution in [0.1, 0.15) is 24.6 Å². The molecule has 6 nitrogen and oxygen atoms in total. The Bertz CT molecular complexity index is 664. The summed E-state index contributed by atoms with van der Waals surface area (Å²) in [5.41, 5.74) is 1.87. The molecular formula is C18H24BN3O3S. The van der Waals surface area contributed by atoms with Crippen molar-refractivity contribution in [2.45, 2.75) is 37.5 Å². The van der Waals surface area contributed by atoms with Gasteiger partial charge >= 0.3 is 0 Å². The number of hydrogen-bond acceptors (Lipinski definition) is 6. The molecule has 2 radical (unpaired) electrons. The molecule has 0 aliphatic carbocycles. The average Bonchev–Trinajstić information content (AvgIpc) is 3.11.